The monoisotopic (exact) mass is 339 g/mol. The van der Waals surface area contributed by atoms with Gasteiger partial charge in [-0.05, 0) is 44.0 Å². The summed E-state index contributed by atoms with van der Waals surface area (Å²) in [6.07, 6.45) is 1.10. The zero-order valence-electron chi connectivity index (χ0n) is 13.8. The van der Waals surface area contributed by atoms with E-state index in [0.29, 0.717) is 50.5 Å². The van der Waals surface area contributed by atoms with Gasteiger partial charge in [0, 0.05) is 32.6 Å². The molecule has 0 radical (unpaired) electrons. The number of aryl methyl sites for hydroxylation is 2. The van der Waals surface area contributed by atoms with Crippen molar-refractivity contribution in [2.45, 2.75) is 31.6 Å². The Morgan fingerprint density at radius 2 is 1.83 bits per heavy atom. The Morgan fingerprint density at radius 3 is 2.43 bits per heavy atom. The minimum Gasteiger partial charge on any atom is -0.340 e. The second-order valence-electron chi connectivity index (χ2n) is 5.95. The van der Waals surface area contributed by atoms with Crippen LogP contribution in [0.5, 0.6) is 0 Å². The van der Waals surface area contributed by atoms with E-state index in [-0.39, 0.29) is 5.91 Å². The first-order valence-electron chi connectivity index (χ1n) is 7.91. The molecule has 0 atom stereocenters. The van der Waals surface area contributed by atoms with Crippen LogP contribution in [0.15, 0.2) is 23.1 Å². The predicted molar refractivity (Wildman–Crippen MR) is 89.5 cm³/mol. The lowest BCUT2D eigenvalue weighted by Gasteiger charge is -2.34. The number of sulfonamides is 1. The number of carbonyl (C=O) groups excluding carboxylic acids is 1. The molecule has 1 fully saturated rings. The predicted octanol–water partition coefficient (Wildman–Crippen LogP) is 0.875. The van der Waals surface area contributed by atoms with E-state index >= 15 is 0 Å². The van der Waals surface area contributed by atoms with Crippen LogP contribution in [0.1, 0.15) is 24.0 Å². The fourth-order valence-electron chi connectivity index (χ4n) is 2.71. The average molecular weight is 339 g/mol. The van der Waals surface area contributed by atoms with Crippen molar-refractivity contribution in [3.05, 3.63) is 29.3 Å². The van der Waals surface area contributed by atoms with Crippen LogP contribution in [-0.2, 0) is 14.8 Å². The van der Waals surface area contributed by atoms with E-state index in [1.54, 1.807) is 17.9 Å². The third-order valence-corrected chi connectivity index (χ3v) is 6.19. The van der Waals surface area contributed by atoms with Gasteiger partial charge in [-0.15, -0.1) is 0 Å². The molecule has 1 aliphatic rings. The van der Waals surface area contributed by atoms with E-state index in [1.165, 1.54) is 4.31 Å². The van der Waals surface area contributed by atoms with Gasteiger partial charge < -0.3 is 10.6 Å². The highest BCUT2D eigenvalue weighted by Crippen LogP contribution is 2.22. The molecule has 1 heterocycles. The average Bonchev–Trinajstić information content (AvgIpc) is 2.54. The number of nitrogens with two attached hydrogens (primary N) is 1. The molecule has 2 rings (SSSR count). The lowest BCUT2D eigenvalue weighted by Crippen LogP contribution is -2.50. The number of hydrogen-bond donors (Lipinski definition) is 1. The molecular formula is C16H25N3O3S. The van der Waals surface area contributed by atoms with Crippen LogP contribution in [0.2, 0.25) is 0 Å². The number of carbonyl (C=O) groups is 1. The van der Waals surface area contributed by atoms with Crippen LogP contribution in [0, 0.1) is 13.8 Å². The van der Waals surface area contributed by atoms with Crippen LogP contribution in [0.4, 0.5) is 0 Å². The van der Waals surface area contributed by atoms with Gasteiger partial charge in [0.15, 0.2) is 0 Å². The summed E-state index contributed by atoms with van der Waals surface area (Å²) in [7, 11) is -3.51. The quantitative estimate of drug-likeness (QED) is 0.863. The third-order valence-electron chi connectivity index (χ3n) is 4.15. The third kappa shape index (κ3) is 4.10. The second-order valence-corrected chi connectivity index (χ2v) is 7.85. The smallest absolute Gasteiger partial charge is 0.243 e. The molecule has 7 heteroatoms. The van der Waals surface area contributed by atoms with Crippen LogP contribution in [0.3, 0.4) is 0 Å². The molecule has 0 aromatic heterocycles. The highest BCUT2D eigenvalue weighted by atomic mass is 32.2. The van der Waals surface area contributed by atoms with Crippen molar-refractivity contribution in [1.29, 1.82) is 0 Å². The molecule has 1 aromatic carbocycles. The number of nitrogens with zero attached hydrogens (tertiary/aromatic N) is 2. The molecule has 6 nitrogen and oxygen atoms in total. The van der Waals surface area contributed by atoms with Crippen molar-refractivity contribution in [3.63, 3.8) is 0 Å². The van der Waals surface area contributed by atoms with Gasteiger partial charge in [-0.3, -0.25) is 4.79 Å². The molecule has 1 aromatic rings. The first kappa shape index (κ1) is 17.9. The maximum absolute atomic E-state index is 12.8. The fraction of sp³-hybridized carbons (Fsp3) is 0.562. The van der Waals surface area contributed by atoms with Gasteiger partial charge in [0.1, 0.15) is 0 Å². The number of amides is 1. The maximum atomic E-state index is 12.8. The van der Waals surface area contributed by atoms with Crippen LogP contribution >= 0.6 is 0 Å². The Morgan fingerprint density at radius 1 is 1.17 bits per heavy atom. The summed E-state index contributed by atoms with van der Waals surface area (Å²) in [6.45, 7) is 5.73. The molecule has 128 valence electrons. The van der Waals surface area contributed by atoms with Crippen LogP contribution in [0.25, 0.3) is 0 Å². The Kier molecular flexibility index (Phi) is 5.78. The molecule has 23 heavy (non-hydrogen) atoms. The minimum atomic E-state index is -3.51. The van der Waals surface area contributed by atoms with E-state index in [2.05, 4.69) is 0 Å². The van der Waals surface area contributed by atoms with Gasteiger partial charge in [-0.1, -0.05) is 12.1 Å². The molecule has 0 spiro atoms. The largest absolute Gasteiger partial charge is 0.340 e. The van der Waals surface area contributed by atoms with E-state index in [1.807, 2.05) is 19.1 Å². The van der Waals surface area contributed by atoms with Crippen molar-refractivity contribution in [2.75, 3.05) is 32.7 Å². The number of benzene rings is 1. The second kappa shape index (κ2) is 7.42. The van der Waals surface area contributed by atoms with Gasteiger partial charge in [-0.25, -0.2) is 8.42 Å². The Bertz CT molecular complexity index is 665. The molecular weight excluding hydrogens is 314 g/mol. The zero-order valence-corrected chi connectivity index (χ0v) is 14.6. The fourth-order valence-corrected chi connectivity index (χ4v) is 4.45. The van der Waals surface area contributed by atoms with E-state index in [9.17, 15) is 13.2 Å². The summed E-state index contributed by atoms with van der Waals surface area (Å²) in [5.41, 5.74) is 7.09. The summed E-state index contributed by atoms with van der Waals surface area (Å²) in [5, 5.41) is 0. The molecule has 0 aliphatic carbocycles. The van der Waals surface area contributed by atoms with Crippen molar-refractivity contribution < 1.29 is 13.2 Å². The maximum Gasteiger partial charge on any atom is 0.243 e. The SMILES string of the molecule is Cc1ccc(C)c(S(=O)(=O)N2CCN(C(=O)CCCN)CC2)c1. The van der Waals surface area contributed by atoms with Gasteiger partial charge in [0.05, 0.1) is 4.90 Å². The van der Waals surface area contributed by atoms with Crippen molar-refractivity contribution in [3.8, 4) is 0 Å². The first-order valence-corrected chi connectivity index (χ1v) is 9.35. The Hall–Kier alpha value is -1.44. The summed E-state index contributed by atoms with van der Waals surface area (Å²) < 4.78 is 27.1. The molecule has 1 saturated heterocycles. The van der Waals surface area contributed by atoms with E-state index < -0.39 is 10.0 Å². The highest BCUT2D eigenvalue weighted by molar-refractivity contribution is 7.89. The Balaban J connectivity index is 2.07. The normalized spacial score (nSPS) is 16.6. The van der Waals surface area contributed by atoms with Gasteiger partial charge in [0.2, 0.25) is 15.9 Å². The molecule has 1 aliphatic heterocycles. The van der Waals surface area contributed by atoms with Crippen LogP contribution < -0.4 is 5.73 Å². The molecule has 0 saturated carbocycles. The number of rotatable bonds is 5. The highest BCUT2D eigenvalue weighted by Gasteiger charge is 2.30. The molecule has 1 amide bonds. The lowest BCUT2D eigenvalue weighted by atomic mass is 10.2. The summed E-state index contributed by atoms with van der Waals surface area (Å²) in [6, 6.07) is 5.45. The van der Waals surface area contributed by atoms with Crippen molar-refractivity contribution in [1.82, 2.24) is 9.21 Å². The van der Waals surface area contributed by atoms with E-state index in [0.717, 1.165) is 11.1 Å². The van der Waals surface area contributed by atoms with Gasteiger partial charge in [-0.2, -0.15) is 4.31 Å². The standard InChI is InChI=1S/C16H25N3O3S/c1-13-5-6-14(2)15(12-13)23(21,22)19-10-8-18(9-11-19)16(20)4-3-7-17/h5-6,12H,3-4,7-11,17H2,1-2H3. The molecule has 0 bridgehead atoms. The van der Waals surface area contributed by atoms with Gasteiger partial charge >= 0.3 is 0 Å². The Labute approximate surface area is 138 Å². The van der Waals surface area contributed by atoms with Crippen molar-refractivity contribution >= 4 is 15.9 Å². The minimum absolute atomic E-state index is 0.0548. The van der Waals surface area contributed by atoms with Gasteiger partial charge in [0.25, 0.3) is 0 Å². The summed E-state index contributed by atoms with van der Waals surface area (Å²) >= 11 is 0. The molecule has 2 N–H and O–H groups in total. The number of piperazine rings is 1. The number of hydrogen-bond acceptors (Lipinski definition) is 4. The first-order chi connectivity index (χ1) is 10.9. The molecule has 0 unspecified atom stereocenters. The zero-order chi connectivity index (χ0) is 17.0. The summed E-state index contributed by atoms with van der Waals surface area (Å²) in [4.78, 5) is 14.1. The topological polar surface area (TPSA) is 83.7 Å². The van der Waals surface area contributed by atoms with Crippen LogP contribution in [-0.4, -0.2) is 56.3 Å². The summed E-state index contributed by atoms with van der Waals surface area (Å²) in [5.74, 6) is 0.0548. The lowest BCUT2D eigenvalue weighted by molar-refractivity contribution is -0.132. The van der Waals surface area contributed by atoms with Crippen molar-refractivity contribution in [2.24, 2.45) is 5.73 Å². The van der Waals surface area contributed by atoms with E-state index in [4.69, 9.17) is 5.73 Å².